The minimum Gasteiger partial charge on any atom is -0.493 e. The summed E-state index contributed by atoms with van der Waals surface area (Å²) < 4.78 is 5.65. The van der Waals surface area contributed by atoms with Crippen molar-refractivity contribution in [2.75, 3.05) is 6.61 Å². The predicted octanol–water partition coefficient (Wildman–Crippen LogP) is 2.90. The van der Waals surface area contributed by atoms with Crippen LogP contribution in [-0.2, 0) is 22.4 Å². The van der Waals surface area contributed by atoms with Crippen LogP contribution < -0.4 is 4.74 Å². The fraction of sp³-hybridized carbons (Fsp3) is 0.500. The van der Waals surface area contributed by atoms with Crippen LogP contribution in [0.5, 0.6) is 5.75 Å². The smallest absolute Gasteiger partial charge is 0.307 e. The SMILES string of the molecule is CCCCCCOc1cccc(CC(=O)O)c1CC(=O)O. The zero-order valence-electron chi connectivity index (χ0n) is 12.3. The van der Waals surface area contributed by atoms with Crippen molar-refractivity contribution in [2.45, 2.75) is 45.4 Å². The number of carbonyl (C=O) groups is 2. The number of ether oxygens (including phenoxy) is 1. The van der Waals surface area contributed by atoms with Gasteiger partial charge in [0.1, 0.15) is 5.75 Å². The monoisotopic (exact) mass is 294 g/mol. The number of carboxylic acid groups (broad SMARTS) is 2. The van der Waals surface area contributed by atoms with Gasteiger partial charge in [-0.2, -0.15) is 0 Å². The highest BCUT2D eigenvalue weighted by Gasteiger charge is 2.15. The fourth-order valence-electron chi connectivity index (χ4n) is 2.14. The standard InChI is InChI=1S/C16H22O5/c1-2-3-4-5-9-21-14-8-6-7-12(10-15(17)18)13(14)11-16(19)20/h6-8H,2-5,9-11H2,1H3,(H,17,18)(H,19,20). The third-order valence-electron chi connectivity index (χ3n) is 3.16. The zero-order valence-corrected chi connectivity index (χ0v) is 12.3. The molecule has 0 aliphatic rings. The topological polar surface area (TPSA) is 83.8 Å². The van der Waals surface area contributed by atoms with Crippen molar-refractivity contribution in [3.05, 3.63) is 29.3 Å². The molecule has 5 nitrogen and oxygen atoms in total. The van der Waals surface area contributed by atoms with Gasteiger partial charge in [0.15, 0.2) is 0 Å². The van der Waals surface area contributed by atoms with Crippen molar-refractivity contribution in [3.63, 3.8) is 0 Å². The largest absolute Gasteiger partial charge is 0.493 e. The Hall–Kier alpha value is -2.04. The number of aliphatic carboxylic acids is 2. The minimum absolute atomic E-state index is 0.199. The minimum atomic E-state index is -0.997. The Kier molecular flexibility index (Phi) is 7.29. The quantitative estimate of drug-likeness (QED) is 0.648. The number of carboxylic acids is 2. The van der Waals surface area contributed by atoms with Gasteiger partial charge < -0.3 is 14.9 Å². The van der Waals surface area contributed by atoms with Gasteiger partial charge in [-0.1, -0.05) is 38.3 Å². The second-order valence-electron chi connectivity index (χ2n) is 4.94. The van der Waals surface area contributed by atoms with Crippen LogP contribution in [0.25, 0.3) is 0 Å². The summed E-state index contributed by atoms with van der Waals surface area (Å²) in [5.41, 5.74) is 0.957. The van der Waals surface area contributed by atoms with Gasteiger partial charge in [0, 0.05) is 5.56 Å². The van der Waals surface area contributed by atoms with Gasteiger partial charge in [-0.15, -0.1) is 0 Å². The molecule has 0 fully saturated rings. The number of benzene rings is 1. The third kappa shape index (κ3) is 6.29. The molecular weight excluding hydrogens is 272 g/mol. The highest BCUT2D eigenvalue weighted by Crippen LogP contribution is 2.24. The molecule has 116 valence electrons. The van der Waals surface area contributed by atoms with E-state index < -0.39 is 11.9 Å². The predicted molar refractivity (Wildman–Crippen MR) is 78.8 cm³/mol. The number of unbranched alkanes of at least 4 members (excludes halogenated alkanes) is 3. The molecule has 2 N–H and O–H groups in total. The van der Waals surface area contributed by atoms with Crippen LogP contribution in [0.4, 0.5) is 0 Å². The van der Waals surface area contributed by atoms with Gasteiger partial charge in [-0.3, -0.25) is 9.59 Å². The van der Waals surface area contributed by atoms with Crippen LogP contribution in [0.3, 0.4) is 0 Å². The van der Waals surface area contributed by atoms with E-state index >= 15 is 0 Å². The summed E-state index contributed by atoms with van der Waals surface area (Å²) in [6.45, 7) is 2.64. The highest BCUT2D eigenvalue weighted by atomic mass is 16.5. The molecule has 0 radical (unpaired) electrons. The molecule has 0 saturated carbocycles. The Bertz CT molecular complexity index is 482. The molecule has 0 aliphatic carbocycles. The average Bonchev–Trinajstić information content (AvgIpc) is 2.40. The summed E-state index contributed by atoms with van der Waals surface area (Å²) in [7, 11) is 0. The van der Waals surface area contributed by atoms with E-state index in [0.717, 1.165) is 25.7 Å². The van der Waals surface area contributed by atoms with Crippen molar-refractivity contribution in [1.82, 2.24) is 0 Å². The van der Waals surface area contributed by atoms with E-state index in [1.54, 1.807) is 18.2 Å². The Balaban J connectivity index is 2.80. The van der Waals surface area contributed by atoms with E-state index in [0.29, 0.717) is 23.5 Å². The van der Waals surface area contributed by atoms with Crippen LogP contribution >= 0.6 is 0 Å². The van der Waals surface area contributed by atoms with Gasteiger partial charge in [-0.05, 0) is 18.1 Å². The highest BCUT2D eigenvalue weighted by molar-refractivity contribution is 5.75. The fourth-order valence-corrected chi connectivity index (χ4v) is 2.14. The molecule has 0 spiro atoms. The molecular formula is C16H22O5. The van der Waals surface area contributed by atoms with Gasteiger partial charge >= 0.3 is 11.9 Å². The molecule has 1 aromatic carbocycles. The Morgan fingerprint density at radius 2 is 1.76 bits per heavy atom. The Morgan fingerprint density at radius 3 is 2.38 bits per heavy atom. The summed E-state index contributed by atoms with van der Waals surface area (Å²) >= 11 is 0. The lowest BCUT2D eigenvalue weighted by Gasteiger charge is -2.13. The number of rotatable bonds is 10. The molecule has 0 bridgehead atoms. The van der Waals surface area contributed by atoms with E-state index in [-0.39, 0.29) is 12.8 Å². The van der Waals surface area contributed by atoms with Crippen LogP contribution in [0.1, 0.15) is 43.7 Å². The first-order chi connectivity index (χ1) is 10.0. The molecule has 0 atom stereocenters. The molecule has 21 heavy (non-hydrogen) atoms. The van der Waals surface area contributed by atoms with E-state index in [2.05, 4.69) is 6.92 Å². The first-order valence-corrected chi connectivity index (χ1v) is 7.21. The van der Waals surface area contributed by atoms with Crippen LogP contribution in [0, 0.1) is 0 Å². The lowest BCUT2D eigenvalue weighted by Crippen LogP contribution is -2.10. The molecule has 1 rings (SSSR count). The van der Waals surface area contributed by atoms with Crippen molar-refractivity contribution in [2.24, 2.45) is 0 Å². The summed E-state index contributed by atoms with van der Waals surface area (Å²) in [5, 5.41) is 17.9. The molecule has 0 amide bonds. The number of hydrogen-bond acceptors (Lipinski definition) is 3. The average molecular weight is 294 g/mol. The second kappa shape index (κ2) is 9.00. The van der Waals surface area contributed by atoms with Gasteiger partial charge in [0.05, 0.1) is 19.4 Å². The molecule has 0 heterocycles. The van der Waals surface area contributed by atoms with Crippen LogP contribution in [0.15, 0.2) is 18.2 Å². The molecule has 0 saturated heterocycles. The van der Waals surface area contributed by atoms with Crippen molar-refractivity contribution in [3.8, 4) is 5.75 Å². The van der Waals surface area contributed by atoms with E-state index in [4.69, 9.17) is 14.9 Å². The maximum Gasteiger partial charge on any atom is 0.307 e. The summed E-state index contributed by atoms with van der Waals surface area (Å²) in [4.78, 5) is 21.8. The van der Waals surface area contributed by atoms with E-state index in [1.165, 1.54) is 0 Å². The molecule has 0 aromatic heterocycles. The van der Waals surface area contributed by atoms with Crippen LogP contribution in [0.2, 0.25) is 0 Å². The van der Waals surface area contributed by atoms with E-state index in [1.807, 2.05) is 0 Å². The molecule has 1 aromatic rings. The van der Waals surface area contributed by atoms with E-state index in [9.17, 15) is 9.59 Å². The summed E-state index contributed by atoms with van der Waals surface area (Å²) in [6.07, 6.45) is 3.83. The van der Waals surface area contributed by atoms with Crippen molar-refractivity contribution < 1.29 is 24.5 Å². The first-order valence-electron chi connectivity index (χ1n) is 7.21. The summed E-state index contributed by atoms with van der Waals surface area (Å²) in [5.74, 6) is -1.50. The van der Waals surface area contributed by atoms with Crippen molar-refractivity contribution >= 4 is 11.9 Å². The van der Waals surface area contributed by atoms with Crippen molar-refractivity contribution in [1.29, 1.82) is 0 Å². The summed E-state index contributed by atoms with van der Waals surface area (Å²) in [6, 6.07) is 5.03. The van der Waals surface area contributed by atoms with Gasteiger partial charge in [0.25, 0.3) is 0 Å². The maximum absolute atomic E-state index is 11.0. The lowest BCUT2D eigenvalue weighted by molar-refractivity contribution is -0.137. The zero-order chi connectivity index (χ0) is 15.7. The molecule has 5 heteroatoms. The molecule has 0 aliphatic heterocycles. The first kappa shape index (κ1) is 17.0. The normalized spacial score (nSPS) is 10.3. The third-order valence-corrected chi connectivity index (χ3v) is 3.16. The maximum atomic E-state index is 11.0. The molecule has 0 unspecified atom stereocenters. The van der Waals surface area contributed by atoms with Gasteiger partial charge in [-0.25, -0.2) is 0 Å². The Morgan fingerprint density at radius 1 is 1.05 bits per heavy atom. The Labute approximate surface area is 124 Å². The van der Waals surface area contributed by atoms with Gasteiger partial charge in [0.2, 0.25) is 0 Å². The second-order valence-corrected chi connectivity index (χ2v) is 4.94. The van der Waals surface area contributed by atoms with Crippen LogP contribution in [-0.4, -0.2) is 28.8 Å². The number of hydrogen-bond donors (Lipinski definition) is 2. The lowest BCUT2D eigenvalue weighted by atomic mass is 10.0.